The summed E-state index contributed by atoms with van der Waals surface area (Å²) in [6.07, 6.45) is 4.54. The van der Waals surface area contributed by atoms with Crippen LogP contribution in [0.2, 0.25) is 0 Å². The van der Waals surface area contributed by atoms with Gasteiger partial charge in [0.1, 0.15) is 0 Å². The fourth-order valence-electron chi connectivity index (χ4n) is 2.56. The Morgan fingerprint density at radius 1 is 1.14 bits per heavy atom. The molecule has 0 saturated heterocycles. The fourth-order valence-corrected chi connectivity index (χ4v) is 2.56. The summed E-state index contributed by atoms with van der Waals surface area (Å²) in [6, 6.07) is 3.48. The van der Waals surface area contributed by atoms with Crippen LogP contribution in [0.4, 0.5) is 0 Å². The smallest absolute Gasteiger partial charge is 0.256 e. The van der Waals surface area contributed by atoms with Crippen LogP contribution in [0.15, 0.2) is 29.3 Å². The topological polar surface area (TPSA) is 91.7 Å². The number of aryl methyl sites for hydroxylation is 1. The van der Waals surface area contributed by atoms with Crippen molar-refractivity contribution in [3.05, 3.63) is 51.7 Å². The van der Waals surface area contributed by atoms with Gasteiger partial charge in [0.25, 0.3) is 5.56 Å². The van der Waals surface area contributed by atoms with Gasteiger partial charge in [-0.05, 0) is 37.6 Å². The van der Waals surface area contributed by atoms with Gasteiger partial charge in [0, 0.05) is 30.4 Å². The lowest BCUT2D eigenvalue weighted by Crippen LogP contribution is -2.31. The molecule has 0 aliphatic carbocycles. The van der Waals surface area contributed by atoms with Gasteiger partial charge in [0.2, 0.25) is 11.7 Å². The van der Waals surface area contributed by atoms with Crippen LogP contribution in [-0.2, 0) is 11.3 Å². The molecule has 0 radical (unpaired) electrons. The Morgan fingerprint density at radius 2 is 1.79 bits per heavy atom. The lowest BCUT2D eigenvalue weighted by atomic mass is 10.1. The number of carbonyl (C=O) groups is 1. The number of methoxy groups -OCH3 is 3. The number of nitrogens with zero attached hydrogens (tertiary/aromatic N) is 2. The lowest BCUT2D eigenvalue weighted by molar-refractivity contribution is -0.116. The van der Waals surface area contributed by atoms with Crippen molar-refractivity contribution >= 4 is 12.0 Å². The third-order valence-electron chi connectivity index (χ3n) is 4.28. The molecule has 150 valence electrons. The minimum Gasteiger partial charge on any atom is -0.493 e. The number of aromatic nitrogens is 2. The number of rotatable bonds is 8. The van der Waals surface area contributed by atoms with Crippen LogP contribution in [0.5, 0.6) is 17.2 Å². The first-order chi connectivity index (χ1) is 13.4. The second kappa shape index (κ2) is 9.59. The first-order valence-electron chi connectivity index (χ1n) is 8.69. The van der Waals surface area contributed by atoms with Crippen molar-refractivity contribution in [2.75, 3.05) is 27.9 Å². The third kappa shape index (κ3) is 4.91. The molecule has 1 aromatic carbocycles. The zero-order chi connectivity index (χ0) is 20.7. The molecule has 2 rings (SSSR count). The summed E-state index contributed by atoms with van der Waals surface area (Å²) < 4.78 is 17.3. The maximum absolute atomic E-state index is 12.1. The number of amides is 1. The van der Waals surface area contributed by atoms with Crippen LogP contribution >= 0.6 is 0 Å². The number of benzene rings is 1. The van der Waals surface area contributed by atoms with Gasteiger partial charge >= 0.3 is 0 Å². The molecule has 1 N–H and O–H groups in total. The third-order valence-corrected chi connectivity index (χ3v) is 4.28. The maximum Gasteiger partial charge on any atom is 0.256 e. The molecule has 2 aromatic rings. The van der Waals surface area contributed by atoms with Crippen molar-refractivity contribution in [1.29, 1.82) is 0 Å². The highest BCUT2D eigenvalue weighted by Crippen LogP contribution is 2.38. The summed E-state index contributed by atoms with van der Waals surface area (Å²) >= 11 is 0. The molecule has 0 atom stereocenters. The van der Waals surface area contributed by atoms with Crippen LogP contribution < -0.4 is 25.1 Å². The highest BCUT2D eigenvalue weighted by atomic mass is 16.5. The van der Waals surface area contributed by atoms with E-state index in [1.54, 1.807) is 32.1 Å². The summed E-state index contributed by atoms with van der Waals surface area (Å²) in [6.45, 7) is 4.18. The molecule has 0 aliphatic rings. The van der Waals surface area contributed by atoms with E-state index in [1.165, 1.54) is 38.3 Å². The molecule has 28 heavy (non-hydrogen) atoms. The van der Waals surface area contributed by atoms with E-state index in [-0.39, 0.29) is 11.5 Å². The predicted molar refractivity (Wildman–Crippen MR) is 106 cm³/mol. The van der Waals surface area contributed by atoms with Gasteiger partial charge < -0.3 is 19.5 Å². The van der Waals surface area contributed by atoms with E-state index in [0.29, 0.717) is 41.6 Å². The number of hydrogen-bond acceptors (Lipinski definition) is 6. The highest BCUT2D eigenvalue weighted by molar-refractivity contribution is 5.91. The summed E-state index contributed by atoms with van der Waals surface area (Å²) in [5, 5.41) is 2.74. The van der Waals surface area contributed by atoms with Crippen molar-refractivity contribution in [3.63, 3.8) is 0 Å². The first-order valence-corrected chi connectivity index (χ1v) is 8.69. The minimum absolute atomic E-state index is 0.102. The van der Waals surface area contributed by atoms with Crippen LogP contribution in [0.25, 0.3) is 6.08 Å². The molecule has 0 fully saturated rings. The fraction of sp³-hybridized carbons (Fsp3) is 0.350. The van der Waals surface area contributed by atoms with E-state index < -0.39 is 0 Å². The maximum atomic E-state index is 12.1. The van der Waals surface area contributed by atoms with Crippen LogP contribution in [0.3, 0.4) is 0 Å². The zero-order valence-corrected chi connectivity index (χ0v) is 16.7. The van der Waals surface area contributed by atoms with Crippen LogP contribution in [-0.4, -0.2) is 43.3 Å². The molecule has 8 heteroatoms. The summed E-state index contributed by atoms with van der Waals surface area (Å²) in [5.41, 5.74) is 1.93. The number of hydrogen-bond donors (Lipinski definition) is 1. The molecular weight excluding hydrogens is 362 g/mol. The molecule has 1 aromatic heterocycles. The number of carbonyl (C=O) groups excluding carboxylic acids is 1. The molecule has 0 unspecified atom stereocenters. The van der Waals surface area contributed by atoms with Gasteiger partial charge in [-0.2, -0.15) is 0 Å². The Bertz CT molecular complexity index is 909. The molecule has 0 bridgehead atoms. The molecule has 0 aliphatic heterocycles. The normalized spacial score (nSPS) is 10.8. The highest BCUT2D eigenvalue weighted by Gasteiger charge is 2.12. The predicted octanol–water partition coefficient (Wildman–Crippen LogP) is 1.72. The van der Waals surface area contributed by atoms with E-state index in [2.05, 4.69) is 10.3 Å². The van der Waals surface area contributed by atoms with Gasteiger partial charge in [-0.15, -0.1) is 0 Å². The Kier molecular flexibility index (Phi) is 7.20. The van der Waals surface area contributed by atoms with Crippen LogP contribution in [0, 0.1) is 13.8 Å². The van der Waals surface area contributed by atoms with E-state index in [9.17, 15) is 9.59 Å². The summed E-state index contributed by atoms with van der Waals surface area (Å²) in [5.74, 6) is 1.21. The largest absolute Gasteiger partial charge is 0.493 e. The molecule has 8 nitrogen and oxygen atoms in total. The van der Waals surface area contributed by atoms with E-state index in [0.717, 1.165) is 5.56 Å². The molecule has 1 heterocycles. The zero-order valence-electron chi connectivity index (χ0n) is 16.7. The van der Waals surface area contributed by atoms with Gasteiger partial charge in [-0.25, -0.2) is 4.98 Å². The van der Waals surface area contributed by atoms with E-state index in [4.69, 9.17) is 14.2 Å². The monoisotopic (exact) mass is 387 g/mol. The van der Waals surface area contributed by atoms with Crippen molar-refractivity contribution in [3.8, 4) is 17.2 Å². The van der Waals surface area contributed by atoms with Crippen molar-refractivity contribution in [2.45, 2.75) is 20.4 Å². The summed E-state index contributed by atoms with van der Waals surface area (Å²) in [7, 11) is 4.59. The Balaban J connectivity index is 2.01. The molecular formula is C20H25N3O5. The van der Waals surface area contributed by atoms with Crippen LogP contribution in [0.1, 0.15) is 16.8 Å². The van der Waals surface area contributed by atoms with Gasteiger partial charge in [0.05, 0.1) is 27.7 Å². The standard InChI is InChI=1S/C20H25N3O5/c1-13-14(2)22-12-23(20(13)25)9-8-21-18(24)7-6-15-10-16(26-3)19(28-5)17(11-15)27-4/h6-7,10-12H,8-9H2,1-5H3,(H,21,24)/b7-6+. The quantitative estimate of drug-likeness (QED) is 0.694. The van der Waals surface area contributed by atoms with Crippen molar-refractivity contribution in [2.24, 2.45) is 0 Å². The molecule has 1 amide bonds. The second-order valence-corrected chi connectivity index (χ2v) is 6.04. The lowest BCUT2D eigenvalue weighted by Gasteiger charge is -2.12. The average Bonchev–Trinajstić information content (AvgIpc) is 2.71. The Hall–Kier alpha value is -3.29. The average molecular weight is 387 g/mol. The molecule has 0 spiro atoms. The second-order valence-electron chi connectivity index (χ2n) is 6.04. The van der Waals surface area contributed by atoms with Crippen molar-refractivity contribution in [1.82, 2.24) is 14.9 Å². The van der Waals surface area contributed by atoms with Crippen molar-refractivity contribution < 1.29 is 19.0 Å². The van der Waals surface area contributed by atoms with Gasteiger partial charge in [-0.3, -0.25) is 14.2 Å². The SMILES string of the molecule is COc1cc(/C=C/C(=O)NCCn2cnc(C)c(C)c2=O)cc(OC)c1OC. The first kappa shape index (κ1) is 21.0. The van der Waals surface area contributed by atoms with Gasteiger partial charge in [0.15, 0.2) is 11.5 Å². The summed E-state index contributed by atoms with van der Waals surface area (Å²) in [4.78, 5) is 28.3. The number of nitrogens with one attached hydrogen (secondary N) is 1. The van der Waals surface area contributed by atoms with E-state index in [1.807, 2.05) is 0 Å². The van der Waals surface area contributed by atoms with Gasteiger partial charge in [-0.1, -0.05) is 0 Å². The number of ether oxygens (including phenoxy) is 3. The molecule has 0 saturated carbocycles. The minimum atomic E-state index is -0.279. The Morgan fingerprint density at radius 3 is 2.36 bits per heavy atom. The van der Waals surface area contributed by atoms with E-state index >= 15 is 0 Å². The Labute approximate surface area is 163 Å².